The van der Waals surface area contributed by atoms with Gasteiger partial charge in [0.25, 0.3) is 5.91 Å². The van der Waals surface area contributed by atoms with E-state index in [-0.39, 0.29) is 24.9 Å². The summed E-state index contributed by atoms with van der Waals surface area (Å²) in [6.45, 7) is 4.50. The number of carbonyl (C=O) groups is 3. The Labute approximate surface area is 159 Å². The molecule has 0 saturated carbocycles. The second-order valence-electron chi connectivity index (χ2n) is 6.17. The molecule has 0 unspecified atom stereocenters. The molecule has 0 aromatic heterocycles. The lowest BCUT2D eigenvalue weighted by molar-refractivity contribution is -0.133. The van der Waals surface area contributed by atoms with E-state index in [9.17, 15) is 14.4 Å². The molecule has 142 valence electrons. The summed E-state index contributed by atoms with van der Waals surface area (Å²) in [4.78, 5) is 38.0. The van der Waals surface area contributed by atoms with Crippen LogP contribution in [0.4, 0.5) is 0 Å². The average molecular weight is 367 g/mol. The van der Waals surface area contributed by atoms with Crippen LogP contribution in [-0.2, 0) is 16.1 Å². The maximum atomic E-state index is 12.3. The summed E-state index contributed by atoms with van der Waals surface area (Å²) in [6, 6.07) is 16.8. The second-order valence-corrected chi connectivity index (χ2v) is 6.17. The fourth-order valence-corrected chi connectivity index (χ4v) is 2.61. The van der Waals surface area contributed by atoms with E-state index in [1.54, 1.807) is 17.0 Å². The van der Waals surface area contributed by atoms with Gasteiger partial charge in [-0.3, -0.25) is 14.4 Å². The molecule has 0 fully saturated rings. The normalized spacial score (nSPS) is 10.1. The zero-order chi connectivity index (χ0) is 19.6. The van der Waals surface area contributed by atoms with Crippen LogP contribution >= 0.6 is 0 Å². The minimum absolute atomic E-state index is 0.0975. The molecule has 0 aliphatic carbocycles. The molecule has 2 N–H and O–H groups in total. The number of aryl methyl sites for hydroxylation is 1. The van der Waals surface area contributed by atoms with E-state index < -0.39 is 5.91 Å². The highest BCUT2D eigenvalue weighted by atomic mass is 16.2. The minimum atomic E-state index is -0.402. The number of rotatable bonds is 8. The van der Waals surface area contributed by atoms with Gasteiger partial charge in [-0.1, -0.05) is 48.5 Å². The molecule has 0 radical (unpaired) electrons. The molecule has 0 heterocycles. The SMILES string of the molecule is CCN(Cc1ccccc1)C(=O)CNC(=O)CNC(=O)c1ccccc1C. The number of benzene rings is 2. The summed E-state index contributed by atoms with van der Waals surface area (Å²) in [5.74, 6) is -0.880. The van der Waals surface area contributed by atoms with Gasteiger partial charge in [0.1, 0.15) is 0 Å². The molecule has 0 aliphatic rings. The Balaban J connectivity index is 1.77. The van der Waals surface area contributed by atoms with Crippen molar-refractivity contribution in [3.05, 3.63) is 71.3 Å². The van der Waals surface area contributed by atoms with Crippen LogP contribution in [0, 0.1) is 6.92 Å². The van der Waals surface area contributed by atoms with Gasteiger partial charge in [0.2, 0.25) is 11.8 Å². The molecule has 6 heteroatoms. The van der Waals surface area contributed by atoms with Gasteiger partial charge in [0.15, 0.2) is 0 Å². The number of hydrogen-bond donors (Lipinski definition) is 2. The van der Waals surface area contributed by atoms with E-state index in [0.29, 0.717) is 18.7 Å². The number of amides is 3. The molecular weight excluding hydrogens is 342 g/mol. The smallest absolute Gasteiger partial charge is 0.251 e. The van der Waals surface area contributed by atoms with E-state index in [1.807, 2.05) is 56.3 Å². The highest BCUT2D eigenvalue weighted by Gasteiger charge is 2.14. The fourth-order valence-electron chi connectivity index (χ4n) is 2.61. The minimum Gasteiger partial charge on any atom is -0.345 e. The number of hydrogen-bond acceptors (Lipinski definition) is 3. The molecule has 0 atom stereocenters. The van der Waals surface area contributed by atoms with Crippen molar-refractivity contribution in [2.75, 3.05) is 19.6 Å². The number of nitrogens with one attached hydrogen (secondary N) is 2. The summed E-state index contributed by atoms with van der Waals surface area (Å²) >= 11 is 0. The van der Waals surface area contributed by atoms with Crippen molar-refractivity contribution in [2.24, 2.45) is 0 Å². The highest BCUT2D eigenvalue weighted by molar-refractivity contribution is 5.97. The molecule has 2 aromatic rings. The van der Waals surface area contributed by atoms with E-state index in [0.717, 1.165) is 11.1 Å². The zero-order valence-corrected chi connectivity index (χ0v) is 15.7. The van der Waals surface area contributed by atoms with Crippen LogP contribution < -0.4 is 10.6 Å². The van der Waals surface area contributed by atoms with Gasteiger partial charge in [-0.2, -0.15) is 0 Å². The standard InChI is InChI=1S/C21H25N3O3/c1-3-24(15-17-10-5-4-6-11-17)20(26)14-22-19(25)13-23-21(27)18-12-8-7-9-16(18)2/h4-12H,3,13-15H2,1-2H3,(H,22,25)(H,23,27). The Kier molecular flexibility index (Phi) is 7.55. The summed E-state index contributed by atoms with van der Waals surface area (Å²) in [7, 11) is 0. The maximum Gasteiger partial charge on any atom is 0.251 e. The molecule has 0 spiro atoms. The largest absolute Gasteiger partial charge is 0.345 e. The van der Waals surface area contributed by atoms with Crippen molar-refractivity contribution in [3.63, 3.8) is 0 Å². The molecule has 6 nitrogen and oxygen atoms in total. The number of likely N-dealkylation sites (N-methyl/N-ethyl adjacent to an activating group) is 1. The first-order valence-corrected chi connectivity index (χ1v) is 8.93. The van der Waals surface area contributed by atoms with Crippen LogP contribution in [0.2, 0.25) is 0 Å². The van der Waals surface area contributed by atoms with E-state index >= 15 is 0 Å². The van der Waals surface area contributed by atoms with Crippen LogP contribution in [-0.4, -0.2) is 42.3 Å². The van der Waals surface area contributed by atoms with E-state index in [1.165, 1.54) is 0 Å². The Morgan fingerprint density at radius 2 is 1.56 bits per heavy atom. The van der Waals surface area contributed by atoms with Gasteiger partial charge < -0.3 is 15.5 Å². The molecule has 2 aromatic carbocycles. The van der Waals surface area contributed by atoms with Crippen LogP contribution in [0.3, 0.4) is 0 Å². The van der Waals surface area contributed by atoms with Crippen molar-refractivity contribution in [1.82, 2.24) is 15.5 Å². The Bertz CT molecular complexity index is 790. The maximum absolute atomic E-state index is 12.3. The molecule has 0 saturated heterocycles. The van der Waals surface area contributed by atoms with Gasteiger partial charge in [-0.15, -0.1) is 0 Å². The number of nitrogens with zero attached hydrogens (tertiary/aromatic N) is 1. The second kappa shape index (κ2) is 10.1. The van der Waals surface area contributed by atoms with Crippen molar-refractivity contribution in [3.8, 4) is 0 Å². The Morgan fingerprint density at radius 3 is 2.22 bits per heavy atom. The summed E-state index contributed by atoms with van der Waals surface area (Å²) in [5, 5.41) is 5.13. The monoisotopic (exact) mass is 367 g/mol. The van der Waals surface area contributed by atoms with Crippen LogP contribution in [0.15, 0.2) is 54.6 Å². The van der Waals surface area contributed by atoms with E-state index in [2.05, 4.69) is 10.6 Å². The lowest BCUT2D eigenvalue weighted by Crippen LogP contribution is -2.43. The van der Waals surface area contributed by atoms with Gasteiger partial charge in [0.05, 0.1) is 13.1 Å². The third-order valence-corrected chi connectivity index (χ3v) is 4.19. The van der Waals surface area contributed by atoms with Crippen LogP contribution in [0.25, 0.3) is 0 Å². The molecule has 2 rings (SSSR count). The van der Waals surface area contributed by atoms with E-state index in [4.69, 9.17) is 0 Å². The Hall–Kier alpha value is -3.15. The first-order chi connectivity index (χ1) is 13.0. The highest BCUT2D eigenvalue weighted by Crippen LogP contribution is 2.06. The first kappa shape index (κ1) is 20.2. The van der Waals surface area contributed by atoms with Gasteiger partial charge in [-0.05, 0) is 31.0 Å². The average Bonchev–Trinajstić information content (AvgIpc) is 2.69. The quantitative estimate of drug-likeness (QED) is 0.748. The zero-order valence-electron chi connectivity index (χ0n) is 15.7. The molecule has 3 amide bonds. The van der Waals surface area contributed by atoms with Gasteiger partial charge in [-0.25, -0.2) is 0 Å². The lowest BCUT2D eigenvalue weighted by Gasteiger charge is -2.21. The molecule has 27 heavy (non-hydrogen) atoms. The van der Waals surface area contributed by atoms with Crippen LogP contribution in [0.5, 0.6) is 0 Å². The number of carbonyl (C=O) groups excluding carboxylic acids is 3. The predicted octanol–water partition coefficient (Wildman–Crippen LogP) is 1.89. The molecule has 0 bridgehead atoms. The summed E-state index contributed by atoms with van der Waals surface area (Å²) in [5.41, 5.74) is 2.40. The summed E-state index contributed by atoms with van der Waals surface area (Å²) in [6.07, 6.45) is 0. The first-order valence-electron chi connectivity index (χ1n) is 8.93. The van der Waals surface area contributed by atoms with Crippen molar-refractivity contribution in [2.45, 2.75) is 20.4 Å². The molecule has 0 aliphatic heterocycles. The fraction of sp³-hybridized carbons (Fsp3) is 0.286. The third-order valence-electron chi connectivity index (χ3n) is 4.19. The van der Waals surface area contributed by atoms with Gasteiger partial charge >= 0.3 is 0 Å². The predicted molar refractivity (Wildman–Crippen MR) is 104 cm³/mol. The van der Waals surface area contributed by atoms with Crippen LogP contribution in [0.1, 0.15) is 28.4 Å². The topological polar surface area (TPSA) is 78.5 Å². The van der Waals surface area contributed by atoms with Crippen molar-refractivity contribution < 1.29 is 14.4 Å². The Morgan fingerprint density at radius 1 is 0.889 bits per heavy atom. The molecular formula is C21H25N3O3. The van der Waals surface area contributed by atoms with Crippen molar-refractivity contribution in [1.29, 1.82) is 0 Å². The third kappa shape index (κ3) is 6.26. The van der Waals surface area contributed by atoms with Crippen molar-refractivity contribution >= 4 is 17.7 Å². The lowest BCUT2D eigenvalue weighted by atomic mass is 10.1. The van der Waals surface area contributed by atoms with Gasteiger partial charge in [0, 0.05) is 18.7 Å². The summed E-state index contributed by atoms with van der Waals surface area (Å²) < 4.78 is 0.